The Morgan fingerprint density at radius 2 is 1.70 bits per heavy atom. The van der Waals surface area contributed by atoms with Crippen LogP contribution in [-0.4, -0.2) is 59.0 Å². The summed E-state index contributed by atoms with van der Waals surface area (Å²) in [7, 11) is 1.85. The van der Waals surface area contributed by atoms with Crippen LogP contribution in [0.25, 0.3) is 0 Å². The Balaban J connectivity index is 1.54. The Morgan fingerprint density at radius 1 is 1.04 bits per heavy atom. The summed E-state index contributed by atoms with van der Waals surface area (Å²) in [6, 6.07) is 11.9. The minimum atomic E-state index is 0.0717. The molecule has 1 saturated heterocycles. The molecule has 1 aliphatic rings. The summed E-state index contributed by atoms with van der Waals surface area (Å²) in [4.78, 5) is 26.8. The van der Waals surface area contributed by atoms with Crippen molar-refractivity contribution in [1.29, 1.82) is 0 Å². The van der Waals surface area contributed by atoms with Crippen molar-refractivity contribution < 1.29 is 4.79 Å². The van der Waals surface area contributed by atoms with Gasteiger partial charge in [0.05, 0.1) is 0 Å². The molecule has 0 atom stereocenters. The van der Waals surface area contributed by atoms with Crippen LogP contribution >= 0.6 is 0 Å². The van der Waals surface area contributed by atoms with Crippen molar-refractivity contribution >= 4 is 12.0 Å². The third kappa shape index (κ3) is 3.77. The van der Waals surface area contributed by atoms with E-state index in [0.717, 1.165) is 24.6 Å². The zero-order chi connectivity index (χ0) is 16.1. The van der Waals surface area contributed by atoms with Crippen LogP contribution in [0.2, 0.25) is 0 Å². The SMILES string of the molecule is CN(Cc1ccccc1)C(=O)N1CCN(c2ncccn2)CC1. The lowest BCUT2D eigenvalue weighted by molar-refractivity contribution is 0.157. The van der Waals surface area contributed by atoms with Gasteiger partial charge in [0.25, 0.3) is 0 Å². The Bertz CT molecular complexity index is 626. The van der Waals surface area contributed by atoms with Gasteiger partial charge in [0.15, 0.2) is 0 Å². The van der Waals surface area contributed by atoms with Gasteiger partial charge in [-0.2, -0.15) is 0 Å². The van der Waals surface area contributed by atoms with Crippen molar-refractivity contribution in [1.82, 2.24) is 19.8 Å². The van der Waals surface area contributed by atoms with Gasteiger partial charge in [-0.3, -0.25) is 0 Å². The number of rotatable bonds is 3. The maximum atomic E-state index is 12.5. The number of benzene rings is 1. The Labute approximate surface area is 136 Å². The highest BCUT2D eigenvalue weighted by molar-refractivity contribution is 5.74. The summed E-state index contributed by atoms with van der Waals surface area (Å²) in [5, 5.41) is 0. The number of carbonyl (C=O) groups excluding carboxylic acids is 1. The number of anilines is 1. The van der Waals surface area contributed by atoms with E-state index in [4.69, 9.17) is 0 Å². The average Bonchev–Trinajstić information content (AvgIpc) is 2.63. The maximum Gasteiger partial charge on any atom is 0.320 e. The molecule has 3 rings (SSSR count). The van der Waals surface area contributed by atoms with Crippen LogP contribution in [-0.2, 0) is 6.54 Å². The van der Waals surface area contributed by atoms with Gasteiger partial charge < -0.3 is 14.7 Å². The van der Waals surface area contributed by atoms with Crippen LogP contribution in [0.1, 0.15) is 5.56 Å². The van der Waals surface area contributed by atoms with Gasteiger partial charge in [0, 0.05) is 52.2 Å². The van der Waals surface area contributed by atoms with E-state index in [-0.39, 0.29) is 6.03 Å². The molecule has 2 amide bonds. The molecule has 0 bridgehead atoms. The molecule has 2 aromatic rings. The van der Waals surface area contributed by atoms with Crippen molar-refractivity contribution in [3.05, 3.63) is 54.4 Å². The monoisotopic (exact) mass is 311 g/mol. The summed E-state index contributed by atoms with van der Waals surface area (Å²) in [6.45, 7) is 3.53. The van der Waals surface area contributed by atoms with E-state index >= 15 is 0 Å². The number of hydrogen-bond acceptors (Lipinski definition) is 4. The van der Waals surface area contributed by atoms with Gasteiger partial charge in [-0.1, -0.05) is 30.3 Å². The fourth-order valence-electron chi connectivity index (χ4n) is 2.72. The average molecular weight is 311 g/mol. The van der Waals surface area contributed by atoms with Crippen LogP contribution in [0, 0.1) is 0 Å². The van der Waals surface area contributed by atoms with E-state index in [0.29, 0.717) is 19.6 Å². The lowest BCUT2D eigenvalue weighted by Gasteiger charge is -2.36. The molecule has 0 spiro atoms. The van der Waals surface area contributed by atoms with E-state index in [1.165, 1.54) is 0 Å². The topological polar surface area (TPSA) is 52.6 Å². The molecule has 1 aliphatic heterocycles. The molecule has 1 aromatic carbocycles. The Morgan fingerprint density at radius 3 is 2.35 bits per heavy atom. The van der Waals surface area contributed by atoms with Crippen LogP contribution < -0.4 is 4.90 Å². The number of amides is 2. The second kappa shape index (κ2) is 7.09. The molecule has 0 saturated carbocycles. The first-order valence-electron chi connectivity index (χ1n) is 7.80. The van der Waals surface area contributed by atoms with E-state index in [1.807, 2.05) is 48.3 Å². The normalized spacial score (nSPS) is 14.7. The summed E-state index contributed by atoms with van der Waals surface area (Å²) >= 11 is 0. The third-order valence-electron chi connectivity index (χ3n) is 3.97. The van der Waals surface area contributed by atoms with Gasteiger partial charge in [-0.25, -0.2) is 14.8 Å². The van der Waals surface area contributed by atoms with Crippen molar-refractivity contribution in [2.45, 2.75) is 6.54 Å². The Kier molecular flexibility index (Phi) is 4.71. The minimum Gasteiger partial charge on any atom is -0.337 e. The number of piperazine rings is 1. The van der Waals surface area contributed by atoms with Crippen molar-refractivity contribution in [2.24, 2.45) is 0 Å². The smallest absolute Gasteiger partial charge is 0.320 e. The molecule has 23 heavy (non-hydrogen) atoms. The van der Waals surface area contributed by atoms with Crippen LogP contribution in [0.4, 0.5) is 10.7 Å². The highest BCUT2D eigenvalue weighted by Gasteiger charge is 2.24. The first-order valence-corrected chi connectivity index (χ1v) is 7.80. The van der Waals surface area contributed by atoms with Crippen molar-refractivity contribution in [3.63, 3.8) is 0 Å². The molecule has 6 nitrogen and oxygen atoms in total. The number of nitrogens with zero attached hydrogens (tertiary/aromatic N) is 5. The predicted octanol–water partition coefficient (Wildman–Crippen LogP) is 1.85. The first kappa shape index (κ1) is 15.3. The van der Waals surface area contributed by atoms with Gasteiger partial charge in [0.2, 0.25) is 5.95 Å². The van der Waals surface area contributed by atoms with E-state index in [9.17, 15) is 4.79 Å². The second-order valence-electron chi connectivity index (χ2n) is 5.65. The molecule has 2 heterocycles. The Hall–Kier alpha value is -2.63. The lowest BCUT2D eigenvalue weighted by Crippen LogP contribution is -2.52. The third-order valence-corrected chi connectivity index (χ3v) is 3.97. The van der Waals surface area contributed by atoms with E-state index in [1.54, 1.807) is 17.3 Å². The largest absolute Gasteiger partial charge is 0.337 e. The fourth-order valence-corrected chi connectivity index (χ4v) is 2.72. The zero-order valence-electron chi connectivity index (χ0n) is 13.3. The van der Waals surface area contributed by atoms with Gasteiger partial charge >= 0.3 is 6.03 Å². The highest BCUT2D eigenvalue weighted by atomic mass is 16.2. The zero-order valence-corrected chi connectivity index (χ0v) is 13.3. The number of urea groups is 1. The number of carbonyl (C=O) groups is 1. The molecule has 120 valence electrons. The molecule has 0 radical (unpaired) electrons. The molecular weight excluding hydrogens is 290 g/mol. The van der Waals surface area contributed by atoms with Gasteiger partial charge in [-0.15, -0.1) is 0 Å². The maximum absolute atomic E-state index is 12.5. The molecule has 1 aromatic heterocycles. The second-order valence-corrected chi connectivity index (χ2v) is 5.65. The van der Waals surface area contributed by atoms with E-state index in [2.05, 4.69) is 14.9 Å². The minimum absolute atomic E-state index is 0.0717. The van der Waals surface area contributed by atoms with Crippen molar-refractivity contribution in [3.8, 4) is 0 Å². The van der Waals surface area contributed by atoms with Gasteiger partial charge in [0.1, 0.15) is 0 Å². The van der Waals surface area contributed by atoms with Gasteiger partial charge in [-0.05, 0) is 11.6 Å². The van der Waals surface area contributed by atoms with Crippen LogP contribution in [0.3, 0.4) is 0 Å². The lowest BCUT2D eigenvalue weighted by atomic mass is 10.2. The molecule has 0 N–H and O–H groups in total. The number of aromatic nitrogens is 2. The van der Waals surface area contributed by atoms with Crippen LogP contribution in [0.15, 0.2) is 48.8 Å². The molecule has 0 aliphatic carbocycles. The molecule has 0 unspecified atom stereocenters. The van der Waals surface area contributed by atoms with Crippen LogP contribution in [0.5, 0.6) is 0 Å². The highest BCUT2D eigenvalue weighted by Crippen LogP contribution is 2.12. The number of hydrogen-bond donors (Lipinski definition) is 0. The summed E-state index contributed by atoms with van der Waals surface area (Å²) in [5.74, 6) is 0.734. The summed E-state index contributed by atoms with van der Waals surface area (Å²) < 4.78 is 0. The first-order chi connectivity index (χ1) is 11.2. The molecule has 6 heteroatoms. The summed E-state index contributed by atoms with van der Waals surface area (Å²) in [5.41, 5.74) is 1.14. The van der Waals surface area contributed by atoms with E-state index < -0.39 is 0 Å². The predicted molar refractivity (Wildman–Crippen MR) is 89.1 cm³/mol. The molecule has 1 fully saturated rings. The quantitative estimate of drug-likeness (QED) is 0.868. The summed E-state index contributed by atoms with van der Waals surface area (Å²) in [6.07, 6.45) is 3.49. The van der Waals surface area contributed by atoms with Crippen molar-refractivity contribution in [2.75, 3.05) is 38.1 Å². The molecular formula is C17H21N5O. The standard InChI is InChI=1S/C17H21N5O/c1-20(14-15-6-3-2-4-7-15)17(23)22-12-10-21(11-13-22)16-18-8-5-9-19-16/h2-9H,10-14H2,1H3. The fraction of sp³-hybridized carbons (Fsp3) is 0.353.